The molecule has 0 aliphatic carbocycles. The summed E-state index contributed by atoms with van der Waals surface area (Å²) in [6.45, 7) is 14.2. The molecule has 3 heteroatoms. The maximum atomic E-state index is 5.99. The molecule has 1 aliphatic heterocycles. The highest BCUT2D eigenvalue weighted by Crippen LogP contribution is 2.29. The van der Waals surface area contributed by atoms with E-state index >= 15 is 0 Å². The van der Waals surface area contributed by atoms with Crippen LogP contribution in [0.5, 0.6) is 5.75 Å². The second kappa shape index (κ2) is 7.28. The lowest BCUT2D eigenvalue weighted by molar-refractivity contribution is 0.170. The second-order valence-corrected chi connectivity index (χ2v) is 6.68. The van der Waals surface area contributed by atoms with Crippen LogP contribution in [0, 0.1) is 6.92 Å². The van der Waals surface area contributed by atoms with Crippen LogP contribution in [0.3, 0.4) is 0 Å². The van der Waals surface area contributed by atoms with Gasteiger partial charge in [-0.3, -0.25) is 4.90 Å². The summed E-state index contributed by atoms with van der Waals surface area (Å²) in [7, 11) is 0. The molecule has 0 radical (unpaired) electrons. The van der Waals surface area contributed by atoms with E-state index in [9.17, 15) is 0 Å². The lowest BCUT2D eigenvalue weighted by Crippen LogP contribution is -2.42. The Kier molecular flexibility index (Phi) is 5.65. The number of aryl methyl sites for hydroxylation is 1. The predicted octanol–water partition coefficient (Wildman–Crippen LogP) is 3.01. The van der Waals surface area contributed by atoms with E-state index in [1.807, 2.05) is 0 Å². The third kappa shape index (κ3) is 4.45. The van der Waals surface area contributed by atoms with E-state index in [1.165, 1.54) is 11.1 Å². The van der Waals surface area contributed by atoms with E-state index in [-0.39, 0.29) is 6.10 Å². The molecule has 0 bridgehead atoms. The van der Waals surface area contributed by atoms with Crippen LogP contribution in [0.15, 0.2) is 18.2 Å². The van der Waals surface area contributed by atoms with Crippen LogP contribution in [0.4, 0.5) is 0 Å². The van der Waals surface area contributed by atoms with Gasteiger partial charge in [-0.1, -0.05) is 17.7 Å². The lowest BCUT2D eigenvalue weighted by atomic mass is 10.1. The summed E-state index contributed by atoms with van der Waals surface area (Å²) in [5.41, 5.74) is 2.67. The zero-order valence-corrected chi connectivity index (χ0v) is 14.1. The molecule has 0 saturated heterocycles. The highest BCUT2D eigenvalue weighted by molar-refractivity contribution is 5.40. The first-order chi connectivity index (χ1) is 9.97. The van der Waals surface area contributed by atoms with Crippen molar-refractivity contribution in [1.82, 2.24) is 10.2 Å². The van der Waals surface area contributed by atoms with E-state index in [0.29, 0.717) is 12.1 Å². The first kappa shape index (κ1) is 16.3. The van der Waals surface area contributed by atoms with Crippen molar-refractivity contribution in [3.8, 4) is 5.75 Å². The fraction of sp³-hybridized carbons (Fsp3) is 0.667. The van der Waals surface area contributed by atoms with Gasteiger partial charge >= 0.3 is 0 Å². The summed E-state index contributed by atoms with van der Waals surface area (Å²) in [5.74, 6) is 1.07. The third-order valence-corrected chi connectivity index (χ3v) is 4.20. The number of rotatable bonds is 7. The Hall–Kier alpha value is -1.06. The Morgan fingerprint density at radius 3 is 2.62 bits per heavy atom. The number of fused-ring (bicyclic) bond motifs is 1. The molecule has 0 aromatic heterocycles. The molecule has 1 heterocycles. The van der Waals surface area contributed by atoms with Gasteiger partial charge < -0.3 is 10.1 Å². The number of ether oxygens (including phenoxy) is 1. The molecule has 1 atom stereocenters. The minimum absolute atomic E-state index is 0.286. The maximum absolute atomic E-state index is 5.99. The fourth-order valence-corrected chi connectivity index (χ4v) is 3.15. The molecule has 118 valence electrons. The number of nitrogens with zero attached hydrogens (tertiary/aromatic N) is 1. The molecule has 1 aliphatic rings. The van der Waals surface area contributed by atoms with Gasteiger partial charge in [0.2, 0.25) is 0 Å². The average molecular weight is 290 g/mol. The zero-order valence-electron chi connectivity index (χ0n) is 14.1. The van der Waals surface area contributed by atoms with Gasteiger partial charge in [0.25, 0.3) is 0 Å². The van der Waals surface area contributed by atoms with Crippen molar-refractivity contribution in [3.05, 3.63) is 29.3 Å². The van der Waals surface area contributed by atoms with Gasteiger partial charge in [-0.15, -0.1) is 0 Å². The van der Waals surface area contributed by atoms with Crippen LogP contribution in [0.25, 0.3) is 0 Å². The number of hydrogen-bond acceptors (Lipinski definition) is 3. The molecule has 1 aromatic rings. The Balaban J connectivity index is 1.71. The van der Waals surface area contributed by atoms with Gasteiger partial charge in [0.05, 0.1) is 0 Å². The molecular formula is C18H30N2O. The molecular weight excluding hydrogens is 260 g/mol. The lowest BCUT2D eigenvalue weighted by Gasteiger charge is -2.30. The predicted molar refractivity (Wildman–Crippen MR) is 89.1 cm³/mol. The Labute approximate surface area is 129 Å². The largest absolute Gasteiger partial charge is 0.488 e. The molecule has 1 unspecified atom stereocenters. The number of benzene rings is 1. The number of nitrogens with one attached hydrogen (secondary N) is 1. The number of hydrogen-bond donors (Lipinski definition) is 1. The van der Waals surface area contributed by atoms with E-state index in [0.717, 1.165) is 31.8 Å². The van der Waals surface area contributed by atoms with Crippen LogP contribution in [0.2, 0.25) is 0 Å². The highest BCUT2D eigenvalue weighted by Gasteiger charge is 2.22. The Bertz CT molecular complexity index is 449. The molecule has 0 spiro atoms. The summed E-state index contributed by atoms with van der Waals surface area (Å²) in [4.78, 5) is 2.51. The second-order valence-electron chi connectivity index (χ2n) is 6.68. The van der Waals surface area contributed by atoms with E-state index in [2.05, 4.69) is 63.0 Å². The van der Waals surface area contributed by atoms with Crippen LogP contribution in [-0.2, 0) is 6.42 Å². The first-order valence-electron chi connectivity index (χ1n) is 8.20. The monoisotopic (exact) mass is 290 g/mol. The zero-order chi connectivity index (χ0) is 15.4. The van der Waals surface area contributed by atoms with Crippen LogP contribution < -0.4 is 10.1 Å². The van der Waals surface area contributed by atoms with Crippen molar-refractivity contribution in [1.29, 1.82) is 0 Å². The minimum atomic E-state index is 0.286. The van der Waals surface area contributed by atoms with Crippen molar-refractivity contribution in [2.75, 3.05) is 19.6 Å². The third-order valence-electron chi connectivity index (χ3n) is 4.20. The first-order valence-corrected chi connectivity index (χ1v) is 8.20. The molecule has 1 N–H and O–H groups in total. The van der Waals surface area contributed by atoms with Gasteiger partial charge in [0, 0.05) is 38.1 Å². The van der Waals surface area contributed by atoms with Gasteiger partial charge in [-0.05, 0) is 46.2 Å². The smallest absolute Gasteiger partial charge is 0.123 e. The van der Waals surface area contributed by atoms with Crippen LogP contribution in [0.1, 0.15) is 38.8 Å². The van der Waals surface area contributed by atoms with Gasteiger partial charge in [-0.25, -0.2) is 0 Å². The summed E-state index contributed by atoms with van der Waals surface area (Å²) in [5, 5.41) is 3.55. The normalized spacial score (nSPS) is 17.6. The fourth-order valence-electron chi connectivity index (χ4n) is 3.15. The van der Waals surface area contributed by atoms with Gasteiger partial charge in [0.1, 0.15) is 11.9 Å². The Morgan fingerprint density at radius 1 is 1.24 bits per heavy atom. The highest BCUT2D eigenvalue weighted by atomic mass is 16.5. The maximum Gasteiger partial charge on any atom is 0.123 e. The van der Waals surface area contributed by atoms with Gasteiger partial charge in [-0.2, -0.15) is 0 Å². The van der Waals surface area contributed by atoms with Crippen molar-refractivity contribution in [3.63, 3.8) is 0 Å². The summed E-state index contributed by atoms with van der Waals surface area (Å²) in [6.07, 6.45) is 1.32. The van der Waals surface area contributed by atoms with E-state index < -0.39 is 0 Å². The quantitative estimate of drug-likeness (QED) is 0.781. The molecule has 0 saturated carbocycles. The summed E-state index contributed by atoms with van der Waals surface area (Å²) >= 11 is 0. The van der Waals surface area contributed by atoms with Crippen molar-refractivity contribution in [2.24, 2.45) is 0 Å². The standard InChI is InChI=1S/C18H30N2O/c1-13(2)20(14(3)4)9-8-19-12-17-11-16-10-15(5)6-7-18(16)21-17/h6-7,10,13-14,17,19H,8-9,11-12H2,1-5H3. The molecule has 2 rings (SSSR count). The molecule has 3 nitrogen and oxygen atoms in total. The molecule has 0 amide bonds. The van der Waals surface area contributed by atoms with E-state index in [4.69, 9.17) is 4.74 Å². The molecule has 1 aromatic carbocycles. The summed E-state index contributed by atoms with van der Waals surface area (Å²) < 4.78 is 5.99. The topological polar surface area (TPSA) is 24.5 Å². The minimum Gasteiger partial charge on any atom is -0.488 e. The average Bonchev–Trinajstić information content (AvgIpc) is 2.79. The van der Waals surface area contributed by atoms with Crippen LogP contribution in [-0.4, -0.2) is 42.7 Å². The van der Waals surface area contributed by atoms with E-state index in [1.54, 1.807) is 0 Å². The van der Waals surface area contributed by atoms with Crippen molar-refractivity contribution >= 4 is 0 Å². The van der Waals surface area contributed by atoms with Crippen LogP contribution >= 0.6 is 0 Å². The SMILES string of the molecule is Cc1ccc2c(c1)CC(CNCCN(C(C)C)C(C)C)O2. The Morgan fingerprint density at radius 2 is 1.95 bits per heavy atom. The molecule has 0 fully saturated rings. The van der Waals surface area contributed by atoms with Crippen molar-refractivity contribution < 1.29 is 4.74 Å². The van der Waals surface area contributed by atoms with Crippen molar-refractivity contribution in [2.45, 2.75) is 59.2 Å². The van der Waals surface area contributed by atoms with Gasteiger partial charge in [0.15, 0.2) is 0 Å². The molecule has 21 heavy (non-hydrogen) atoms. The summed E-state index contributed by atoms with van der Waals surface area (Å²) in [6, 6.07) is 7.67.